The number of rotatable bonds is 5. The third-order valence-electron chi connectivity index (χ3n) is 3.87. The number of ether oxygens (including phenoxy) is 1. The van der Waals surface area contributed by atoms with Crippen molar-refractivity contribution in [2.45, 2.75) is 13.5 Å². The van der Waals surface area contributed by atoms with Gasteiger partial charge in [0.1, 0.15) is 18.1 Å². The van der Waals surface area contributed by atoms with E-state index in [1.807, 2.05) is 31.2 Å². The van der Waals surface area contributed by atoms with Gasteiger partial charge in [-0.3, -0.25) is 20.2 Å². The molecule has 132 valence electrons. The van der Waals surface area contributed by atoms with Crippen molar-refractivity contribution in [1.29, 1.82) is 0 Å². The first-order valence-electron chi connectivity index (χ1n) is 7.74. The molecule has 2 N–H and O–H groups in total. The molecular weight excluding hydrogens is 354 g/mol. The predicted molar refractivity (Wildman–Crippen MR) is 100 cm³/mol. The first-order chi connectivity index (χ1) is 12.4. The number of nitrogens with one attached hydrogen (secondary N) is 2. The predicted octanol–water partition coefficient (Wildman–Crippen LogP) is 2.83. The maximum atomic E-state index is 11.8. The highest BCUT2D eigenvalue weighted by Crippen LogP contribution is 2.27. The number of carbonyl (C=O) groups excluding carboxylic acids is 1. The van der Waals surface area contributed by atoms with Gasteiger partial charge in [0.2, 0.25) is 0 Å². The summed E-state index contributed by atoms with van der Waals surface area (Å²) >= 11 is 4.90. The molecule has 2 aromatic carbocycles. The van der Waals surface area contributed by atoms with E-state index in [1.165, 1.54) is 24.3 Å². The molecule has 26 heavy (non-hydrogen) atoms. The van der Waals surface area contributed by atoms with Crippen LogP contribution in [0.25, 0.3) is 6.08 Å². The minimum Gasteiger partial charge on any atom is -0.488 e. The Balaban J connectivity index is 1.93. The highest BCUT2D eigenvalue weighted by atomic mass is 32.1. The molecule has 1 heterocycles. The Morgan fingerprint density at radius 1 is 1.23 bits per heavy atom. The van der Waals surface area contributed by atoms with E-state index in [1.54, 1.807) is 0 Å². The zero-order valence-corrected chi connectivity index (χ0v) is 14.6. The van der Waals surface area contributed by atoms with Gasteiger partial charge in [0.25, 0.3) is 11.6 Å². The standard InChI is InChI=1S/C18H15N3O4S/c1-11-4-2-3-5-12(11)10-25-16-7-6-14(21(23)24)8-13(16)9-15-17(22)20-18(26)19-15/h2-9H,10H2,1H3,(H2,19,20,22,26)/b15-9-. The van der Waals surface area contributed by atoms with E-state index >= 15 is 0 Å². The van der Waals surface area contributed by atoms with Gasteiger partial charge in [-0.15, -0.1) is 0 Å². The van der Waals surface area contributed by atoms with Crippen molar-refractivity contribution >= 4 is 35.0 Å². The van der Waals surface area contributed by atoms with Crippen LogP contribution < -0.4 is 15.4 Å². The number of nitro groups is 1. The van der Waals surface area contributed by atoms with Crippen LogP contribution in [0.1, 0.15) is 16.7 Å². The van der Waals surface area contributed by atoms with Crippen LogP contribution in [0.15, 0.2) is 48.2 Å². The molecule has 2 aromatic rings. The van der Waals surface area contributed by atoms with Crippen LogP contribution in [-0.4, -0.2) is 15.9 Å². The molecule has 1 fully saturated rings. The van der Waals surface area contributed by atoms with E-state index in [0.29, 0.717) is 17.9 Å². The molecule has 0 aliphatic carbocycles. The fourth-order valence-electron chi connectivity index (χ4n) is 2.46. The molecule has 0 atom stereocenters. The van der Waals surface area contributed by atoms with Crippen molar-refractivity contribution in [2.75, 3.05) is 0 Å². The van der Waals surface area contributed by atoms with Crippen molar-refractivity contribution in [2.24, 2.45) is 0 Å². The van der Waals surface area contributed by atoms with Gasteiger partial charge >= 0.3 is 0 Å². The number of amides is 1. The minimum absolute atomic E-state index is 0.0962. The first kappa shape index (κ1) is 17.6. The average molecular weight is 369 g/mol. The van der Waals surface area contributed by atoms with Gasteiger partial charge < -0.3 is 10.1 Å². The lowest BCUT2D eigenvalue weighted by atomic mass is 10.1. The molecule has 1 saturated heterocycles. The van der Waals surface area contributed by atoms with Gasteiger partial charge in [0, 0.05) is 17.7 Å². The Bertz CT molecular complexity index is 940. The van der Waals surface area contributed by atoms with Crippen LogP contribution in [0.5, 0.6) is 5.75 Å². The fourth-order valence-corrected chi connectivity index (χ4v) is 2.66. The zero-order chi connectivity index (χ0) is 18.7. The summed E-state index contributed by atoms with van der Waals surface area (Å²) in [4.78, 5) is 22.4. The molecule has 1 aliphatic heterocycles. The lowest BCUT2D eigenvalue weighted by Gasteiger charge is -2.11. The van der Waals surface area contributed by atoms with Gasteiger partial charge in [0.15, 0.2) is 5.11 Å². The van der Waals surface area contributed by atoms with Crippen molar-refractivity contribution in [1.82, 2.24) is 10.6 Å². The maximum Gasteiger partial charge on any atom is 0.273 e. The van der Waals surface area contributed by atoms with Crippen LogP contribution in [0.2, 0.25) is 0 Å². The Labute approximate surface area is 154 Å². The van der Waals surface area contributed by atoms with E-state index < -0.39 is 10.8 Å². The zero-order valence-electron chi connectivity index (χ0n) is 13.8. The minimum atomic E-state index is -0.500. The molecule has 0 radical (unpaired) electrons. The molecule has 1 amide bonds. The second kappa shape index (κ2) is 7.32. The summed E-state index contributed by atoms with van der Waals surface area (Å²) in [6.07, 6.45) is 1.48. The summed E-state index contributed by atoms with van der Waals surface area (Å²) in [5, 5.41) is 16.4. The first-order valence-corrected chi connectivity index (χ1v) is 8.14. The smallest absolute Gasteiger partial charge is 0.273 e. The number of carbonyl (C=O) groups is 1. The SMILES string of the molecule is Cc1ccccc1COc1ccc([N+](=O)[O-])cc1/C=C1\NC(=S)NC1=O. The van der Waals surface area contributed by atoms with E-state index in [9.17, 15) is 14.9 Å². The normalized spacial score (nSPS) is 14.9. The molecule has 7 nitrogen and oxygen atoms in total. The largest absolute Gasteiger partial charge is 0.488 e. The summed E-state index contributed by atoms with van der Waals surface area (Å²) in [7, 11) is 0. The van der Waals surface area contributed by atoms with Gasteiger partial charge in [-0.05, 0) is 42.4 Å². The molecule has 0 unspecified atom stereocenters. The lowest BCUT2D eigenvalue weighted by Crippen LogP contribution is -2.21. The summed E-state index contributed by atoms with van der Waals surface area (Å²) in [5.41, 5.74) is 2.60. The Morgan fingerprint density at radius 2 is 2.00 bits per heavy atom. The molecular formula is C18H15N3O4S. The number of nitro benzene ring substituents is 1. The second-order valence-electron chi connectivity index (χ2n) is 5.66. The number of non-ortho nitro benzene ring substituents is 1. The van der Waals surface area contributed by atoms with Crippen molar-refractivity contribution in [3.63, 3.8) is 0 Å². The number of nitrogens with zero attached hydrogens (tertiary/aromatic N) is 1. The van der Waals surface area contributed by atoms with Crippen LogP contribution in [-0.2, 0) is 11.4 Å². The highest BCUT2D eigenvalue weighted by Gasteiger charge is 2.21. The summed E-state index contributed by atoms with van der Waals surface area (Å²) in [6, 6.07) is 12.0. The Hall–Kier alpha value is -3.26. The molecule has 0 saturated carbocycles. The number of hydrogen-bond acceptors (Lipinski definition) is 5. The number of benzene rings is 2. The van der Waals surface area contributed by atoms with E-state index in [0.717, 1.165) is 11.1 Å². The fraction of sp³-hybridized carbons (Fsp3) is 0.111. The number of thiocarbonyl (C=S) groups is 1. The third kappa shape index (κ3) is 3.86. The molecule has 8 heteroatoms. The molecule has 0 spiro atoms. The monoisotopic (exact) mass is 369 g/mol. The Morgan fingerprint density at radius 3 is 2.65 bits per heavy atom. The highest BCUT2D eigenvalue weighted by molar-refractivity contribution is 7.80. The molecule has 3 rings (SSSR count). The van der Waals surface area contributed by atoms with E-state index in [2.05, 4.69) is 10.6 Å². The molecule has 0 bridgehead atoms. The van der Waals surface area contributed by atoms with Crippen molar-refractivity contribution < 1.29 is 14.5 Å². The molecule has 1 aliphatic rings. The topological polar surface area (TPSA) is 93.5 Å². The number of aryl methyl sites for hydroxylation is 1. The van der Waals surface area contributed by atoms with Gasteiger partial charge in [-0.2, -0.15) is 0 Å². The van der Waals surface area contributed by atoms with Gasteiger partial charge in [-0.1, -0.05) is 24.3 Å². The summed E-state index contributed by atoms with van der Waals surface area (Å²) in [6.45, 7) is 2.28. The quantitative estimate of drug-likeness (QED) is 0.364. The third-order valence-corrected chi connectivity index (χ3v) is 4.07. The van der Waals surface area contributed by atoms with Crippen LogP contribution in [0.4, 0.5) is 5.69 Å². The summed E-state index contributed by atoms with van der Waals surface area (Å²) < 4.78 is 5.85. The van der Waals surface area contributed by atoms with Crippen LogP contribution in [0, 0.1) is 17.0 Å². The second-order valence-corrected chi connectivity index (χ2v) is 6.07. The van der Waals surface area contributed by atoms with Crippen LogP contribution in [0.3, 0.4) is 0 Å². The van der Waals surface area contributed by atoms with Crippen molar-refractivity contribution in [3.05, 3.63) is 75.0 Å². The lowest BCUT2D eigenvalue weighted by molar-refractivity contribution is -0.384. The molecule has 0 aromatic heterocycles. The van der Waals surface area contributed by atoms with E-state index in [-0.39, 0.29) is 16.5 Å². The van der Waals surface area contributed by atoms with Gasteiger partial charge in [0.05, 0.1) is 4.92 Å². The Kier molecular flexibility index (Phi) is 4.94. The summed E-state index contributed by atoms with van der Waals surface area (Å²) in [5.74, 6) is 0.0325. The van der Waals surface area contributed by atoms with Gasteiger partial charge in [-0.25, -0.2) is 0 Å². The number of hydrogen-bond donors (Lipinski definition) is 2. The van der Waals surface area contributed by atoms with E-state index in [4.69, 9.17) is 17.0 Å². The maximum absolute atomic E-state index is 11.8. The average Bonchev–Trinajstić information content (AvgIpc) is 2.92. The van der Waals surface area contributed by atoms with Crippen molar-refractivity contribution in [3.8, 4) is 5.75 Å². The van der Waals surface area contributed by atoms with Crippen LogP contribution >= 0.6 is 12.2 Å².